The summed E-state index contributed by atoms with van der Waals surface area (Å²) in [5.74, 6) is -1.41. The molecular formula is C15H16Cl2N2O4S. The van der Waals surface area contributed by atoms with E-state index in [0.717, 1.165) is 0 Å². The van der Waals surface area contributed by atoms with Crippen LogP contribution in [0.1, 0.15) is 12.8 Å². The maximum absolute atomic E-state index is 12.2. The molecule has 3 rings (SSSR count). The maximum Gasteiger partial charge on any atom is 0.228 e. The number of carbonyl (C=O) groups excluding carboxylic acids is 2. The van der Waals surface area contributed by atoms with Crippen molar-refractivity contribution in [3.63, 3.8) is 0 Å². The first kappa shape index (κ1) is 17.5. The summed E-state index contributed by atoms with van der Waals surface area (Å²) in [7, 11) is -3.05. The lowest BCUT2D eigenvalue weighted by Crippen LogP contribution is -2.37. The number of amides is 2. The Morgan fingerprint density at radius 3 is 2.29 bits per heavy atom. The van der Waals surface area contributed by atoms with Gasteiger partial charge in [-0.1, -0.05) is 29.3 Å². The SMILES string of the molecule is O=C(Nc1c(Cl)cccc1Cl)C1CC1C(=O)NC1CCS(=O)(=O)C1. The average Bonchev–Trinajstić information content (AvgIpc) is 3.23. The molecule has 6 nitrogen and oxygen atoms in total. The molecule has 2 N–H and O–H groups in total. The smallest absolute Gasteiger partial charge is 0.228 e. The van der Waals surface area contributed by atoms with E-state index < -0.39 is 21.7 Å². The summed E-state index contributed by atoms with van der Waals surface area (Å²) >= 11 is 12.0. The summed E-state index contributed by atoms with van der Waals surface area (Å²) in [6.45, 7) is 0. The van der Waals surface area contributed by atoms with Crippen molar-refractivity contribution >= 4 is 50.5 Å². The first-order valence-electron chi connectivity index (χ1n) is 7.52. The largest absolute Gasteiger partial charge is 0.352 e. The van der Waals surface area contributed by atoms with E-state index in [1.54, 1.807) is 18.2 Å². The standard InChI is InChI=1S/C15H16Cl2N2O4S/c16-11-2-1-3-12(17)13(11)19-15(21)10-6-9(10)14(20)18-8-4-5-24(22,23)7-8/h1-3,8-10H,4-7H2,(H,18,20)(H,19,21). The summed E-state index contributed by atoms with van der Waals surface area (Å²) in [5, 5.41) is 6.03. The molecule has 1 aromatic carbocycles. The van der Waals surface area contributed by atoms with Crippen LogP contribution in [0.4, 0.5) is 5.69 Å². The molecule has 2 amide bonds. The molecule has 3 atom stereocenters. The van der Waals surface area contributed by atoms with Crippen molar-refractivity contribution in [3.05, 3.63) is 28.2 Å². The van der Waals surface area contributed by atoms with Gasteiger partial charge in [-0.15, -0.1) is 0 Å². The molecule has 1 aromatic rings. The van der Waals surface area contributed by atoms with Crippen LogP contribution >= 0.6 is 23.2 Å². The lowest BCUT2D eigenvalue weighted by atomic mass is 10.2. The van der Waals surface area contributed by atoms with E-state index in [1.165, 1.54) is 0 Å². The lowest BCUT2D eigenvalue weighted by Gasteiger charge is -2.11. The van der Waals surface area contributed by atoms with Gasteiger partial charge in [-0.05, 0) is 25.0 Å². The highest BCUT2D eigenvalue weighted by atomic mass is 35.5. The van der Waals surface area contributed by atoms with Crippen LogP contribution in [0.3, 0.4) is 0 Å². The number of para-hydroxylation sites is 1. The highest BCUT2D eigenvalue weighted by molar-refractivity contribution is 7.91. The van der Waals surface area contributed by atoms with Gasteiger partial charge in [0.15, 0.2) is 9.84 Å². The molecule has 130 valence electrons. The van der Waals surface area contributed by atoms with Crippen LogP contribution in [0, 0.1) is 11.8 Å². The summed E-state index contributed by atoms with van der Waals surface area (Å²) in [6, 6.07) is 4.54. The average molecular weight is 391 g/mol. The Bertz CT molecular complexity index is 776. The molecule has 0 spiro atoms. The fourth-order valence-corrected chi connectivity index (χ4v) is 4.99. The summed E-state index contributed by atoms with van der Waals surface area (Å²) in [5.41, 5.74) is 0.332. The molecule has 0 aromatic heterocycles. The minimum Gasteiger partial charge on any atom is -0.352 e. The van der Waals surface area contributed by atoms with Gasteiger partial charge in [0.2, 0.25) is 11.8 Å². The van der Waals surface area contributed by atoms with Gasteiger partial charge in [-0.25, -0.2) is 8.42 Å². The molecule has 2 aliphatic rings. The Kier molecular flexibility index (Phi) is 4.77. The lowest BCUT2D eigenvalue weighted by molar-refractivity contribution is -0.125. The van der Waals surface area contributed by atoms with E-state index in [0.29, 0.717) is 28.6 Å². The summed E-state index contributed by atoms with van der Waals surface area (Å²) in [6.07, 6.45) is 0.853. The monoisotopic (exact) mass is 390 g/mol. The summed E-state index contributed by atoms with van der Waals surface area (Å²) < 4.78 is 22.8. The number of halogens is 2. The fraction of sp³-hybridized carbons (Fsp3) is 0.467. The Morgan fingerprint density at radius 2 is 1.71 bits per heavy atom. The molecule has 24 heavy (non-hydrogen) atoms. The number of hydrogen-bond donors (Lipinski definition) is 2. The first-order valence-corrected chi connectivity index (χ1v) is 10.1. The molecule has 9 heteroatoms. The molecule has 0 bridgehead atoms. The first-order chi connectivity index (χ1) is 11.3. The second kappa shape index (κ2) is 6.54. The predicted molar refractivity (Wildman–Crippen MR) is 91.9 cm³/mol. The van der Waals surface area contributed by atoms with Crippen molar-refractivity contribution < 1.29 is 18.0 Å². The van der Waals surface area contributed by atoms with Crippen molar-refractivity contribution in [3.8, 4) is 0 Å². The fourth-order valence-electron chi connectivity index (χ4n) is 2.82. The van der Waals surface area contributed by atoms with Gasteiger partial charge in [-0.3, -0.25) is 9.59 Å². The minimum atomic E-state index is -3.05. The van der Waals surface area contributed by atoms with Crippen molar-refractivity contribution in [1.29, 1.82) is 0 Å². The van der Waals surface area contributed by atoms with Crippen LogP contribution in [0.2, 0.25) is 10.0 Å². The highest BCUT2D eigenvalue weighted by Crippen LogP contribution is 2.41. The maximum atomic E-state index is 12.2. The van der Waals surface area contributed by atoms with Gasteiger partial charge < -0.3 is 10.6 Å². The van der Waals surface area contributed by atoms with E-state index in [1.807, 2.05) is 0 Å². The zero-order chi connectivity index (χ0) is 17.5. The van der Waals surface area contributed by atoms with Gasteiger partial charge in [0, 0.05) is 6.04 Å². The minimum absolute atomic E-state index is 0.0302. The van der Waals surface area contributed by atoms with Crippen LogP contribution in [0.5, 0.6) is 0 Å². The Labute approximate surface area is 149 Å². The zero-order valence-corrected chi connectivity index (χ0v) is 14.9. The van der Waals surface area contributed by atoms with E-state index in [-0.39, 0.29) is 29.4 Å². The third kappa shape index (κ3) is 3.84. The van der Waals surface area contributed by atoms with Gasteiger partial charge in [0.05, 0.1) is 39.1 Å². The quantitative estimate of drug-likeness (QED) is 0.820. The van der Waals surface area contributed by atoms with Crippen LogP contribution in [0.25, 0.3) is 0 Å². The second-order valence-electron chi connectivity index (χ2n) is 6.14. The van der Waals surface area contributed by atoms with Crippen molar-refractivity contribution in [1.82, 2.24) is 5.32 Å². The third-order valence-corrected chi connectivity index (χ3v) is 6.65. The number of anilines is 1. The van der Waals surface area contributed by atoms with Crippen molar-refractivity contribution in [2.75, 3.05) is 16.8 Å². The Balaban J connectivity index is 1.55. The molecule has 1 aliphatic heterocycles. The number of sulfone groups is 1. The normalized spacial score (nSPS) is 27.5. The number of nitrogens with one attached hydrogen (secondary N) is 2. The van der Waals surface area contributed by atoms with E-state index >= 15 is 0 Å². The Morgan fingerprint density at radius 1 is 1.08 bits per heavy atom. The number of hydrogen-bond acceptors (Lipinski definition) is 4. The van der Waals surface area contributed by atoms with Gasteiger partial charge in [0.25, 0.3) is 0 Å². The second-order valence-corrected chi connectivity index (χ2v) is 9.19. The van der Waals surface area contributed by atoms with Crippen molar-refractivity contribution in [2.24, 2.45) is 11.8 Å². The summed E-state index contributed by atoms with van der Waals surface area (Å²) in [4.78, 5) is 24.4. The van der Waals surface area contributed by atoms with E-state index in [9.17, 15) is 18.0 Å². The molecule has 1 saturated heterocycles. The highest BCUT2D eigenvalue weighted by Gasteiger charge is 2.49. The van der Waals surface area contributed by atoms with E-state index in [2.05, 4.69) is 10.6 Å². The third-order valence-electron chi connectivity index (χ3n) is 4.25. The predicted octanol–water partition coefficient (Wildman–Crippen LogP) is 1.87. The topological polar surface area (TPSA) is 92.3 Å². The van der Waals surface area contributed by atoms with Crippen LogP contribution in [-0.2, 0) is 19.4 Å². The molecule has 3 unspecified atom stereocenters. The number of carbonyl (C=O) groups is 2. The molecule has 1 heterocycles. The number of benzene rings is 1. The van der Waals surface area contributed by atoms with Gasteiger partial charge in [0.1, 0.15) is 0 Å². The van der Waals surface area contributed by atoms with Crippen LogP contribution in [-0.4, -0.2) is 37.8 Å². The van der Waals surface area contributed by atoms with E-state index in [4.69, 9.17) is 23.2 Å². The molecule has 1 aliphatic carbocycles. The van der Waals surface area contributed by atoms with Crippen LogP contribution in [0.15, 0.2) is 18.2 Å². The number of rotatable bonds is 4. The van der Waals surface area contributed by atoms with Crippen LogP contribution < -0.4 is 10.6 Å². The van der Waals surface area contributed by atoms with Gasteiger partial charge in [-0.2, -0.15) is 0 Å². The van der Waals surface area contributed by atoms with Gasteiger partial charge >= 0.3 is 0 Å². The van der Waals surface area contributed by atoms with Crippen molar-refractivity contribution in [2.45, 2.75) is 18.9 Å². The molecule has 2 fully saturated rings. The Hall–Kier alpha value is -1.31. The zero-order valence-electron chi connectivity index (χ0n) is 12.6. The molecule has 0 radical (unpaired) electrons. The molecule has 1 saturated carbocycles. The molecular weight excluding hydrogens is 375 g/mol.